The zero-order chi connectivity index (χ0) is 7.78. The van der Waals surface area contributed by atoms with Gasteiger partial charge in [-0.2, -0.15) is 0 Å². The quantitative estimate of drug-likeness (QED) is 0.672. The van der Waals surface area contributed by atoms with Crippen molar-refractivity contribution >= 4 is 11.3 Å². The normalized spacial score (nSPS) is 12.0. The Kier molecular flexibility index (Phi) is 1.79. The molecule has 0 spiro atoms. The first-order valence-corrected chi connectivity index (χ1v) is 3.97. The van der Waals surface area contributed by atoms with Gasteiger partial charge in [-0.3, -0.25) is 0 Å². The van der Waals surface area contributed by atoms with Crippen LogP contribution in [0.15, 0.2) is 6.20 Å². The SMILES string of the molecule is Cc1ncc(C(C)(C)O)s1. The van der Waals surface area contributed by atoms with Gasteiger partial charge in [0.2, 0.25) is 0 Å². The number of thiazole rings is 1. The lowest BCUT2D eigenvalue weighted by Gasteiger charge is -2.12. The number of hydrogen-bond acceptors (Lipinski definition) is 3. The van der Waals surface area contributed by atoms with Crippen molar-refractivity contribution in [3.05, 3.63) is 16.1 Å². The average molecular weight is 157 g/mol. The van der Waals surface area contributed by atoms with Crippen molar-refractivity contribution < 1.29 is 5.11 Å². The Morgan fingerprint density at radius 1 is 1.60 bits per heavy atom. The Hall–Kier alpha value is -0.410. The molecule has 1 heterocycles. The van der Waals surface area contributed by atoms with E-state index in [-0.39, 0.29) is 0 Å². The van der Waals surface area contributed by atoms with E-state index in [1.807, 2.05) is 6.92 Å². The van der Waals surface area contributed by atoms with Crippen molar-refractivity contribution in [2.75, 3.05) is 0 Å². The fraction of sp³-hybridized carbons (Fsp3) is 0.571. The van der Waals surface area contributed by atoms with Crippen LogP contribution >= 0.6 is 11.3 Å². The van der Waals surface area contributed by atoms with Gasteiger partial charge in [0.05, 0.1) is 15.5 Å². The van der Waals surface area contributed by atoms with E-state index >= 15 is 0 Å². The fourth-order valence-electron chi connectivity index (χ4n) is 0.644. The van der Waals surface area contributed by atoms with Crippen molar-refractivity contribution in [2.45, 2.75) is 26.4 Å². The Labute approximate surface area is 64.5 Å². The molecule has 0 aliphatic heterocycles. The highest BCUT2D eigenvalue weighted by Crippen LogP contribution is 2.24. The molecule has 1 aromatic heterocycles. The van der Waals surface area contributed by atoms with E-state index in [0.29, 0.717) is 0 Å². The van der Waals surface area contributed by atoms with E-state index in [1.54, 1.807) is 20.0 Å². The Balaban J connectivity index is 2.96. The van der Waals surface area contributed by atoms with Crippen LogP contribution in [0.1, 0.15) is 23.7 Å². The highest BCUT2D eigenvalue weighted by Gasteiger charge is 2.17. The summed E-state index contributed by atoms with van der Waals surface area (Å²) in [6, 6.07) is 0. The van der Waals surface area contributed by atoms with Crippen LogP contribution in [-0.2, 0) is 5.60 Å². The van der Waals surface area contributed by atoms with Gasteiger partial charge in [0, 0.05) is 6.20 Å². The minimum Gasteiger partial charge on any atom is -0.385 e. The molecule has 0 fully saturated rings. The molecule has 0 radical (unpaired) electrons. The number of hydrogen-bond donors (Lipinski definition) is 1. The van der Waals surface area contributed by atoms with Crippen molar-refractivity contribution in [2.24, 2.45) is 0 Å². The van der Waals surface area contributed by atoms with E-state index in [4.69, 9.17) is 0 Å². The zero-order valence-electron chi connectivity index (χ0n) is 6.38. The number of aliphatic hydroxyl groups is 1. The average Bonchev–Trinajstić information content (AvgIpc) is 2.11. The first-order valence-electron chi connectivity index (χ1n) is 3.15. The maximum Gasteiger partial charge on any atom is 0.0948 e. The van der Waals surface area contributed by atoms with E-state index in [1.165, 1.54) is 11.3 Å². The molecule has 0 atom stereocenters. The van der Waals surface area contributed by atoms with Gasteiger partial charge in [-0.25, -0.2) is 4.98 Å². The summed E-state index contributed by atoms with van der Waals surface area (Å²) in [4.78, 5) is 4.96. The second-order valence-electron chi connectivity index (χ2n) is 2.80. The molecule has 1 rings (SSSR count). The highest BCUT2D eigenvalue weighted by atomic mass is 32.1. The third-order valence-electron chi connectivity index (χ3n) is 1.22. The van der Waals surface area contributed by atoms with E-state index < -0.39 is 5.60 Å². The molecule has 1 aromatic rings. The first kappa shape index (κ1) is 7.69. The molecule has 3 heteroatoms. The van der Waals surface area contributed by atoms with Gasteiger partial charge in [-0.05, 0) is 20.8 Å². The minimum atomic E-state index is -0.730. The van der Waals surface area contributed by atoms with Crippen LogP contribution in [0.25, 0.3) is 0 Å². The van der Waals surface area contributed by atoms with Gasteiger partial charge in [-0.1, -0.05) is 0 Å². The van der Waals surface area contributed by atoms with Gasteiger partial charge >= 0.3 is 0 Å². The molecule has 10 heavy (non-hydrogen) atoms. The fourth-order valence-corrected chi connectivity index (χ4v) is 1.42. The van der Waals surface area contributed by atoms with Gasteiger partial charge in [-0.15, -0.1) is 11.3 Å². The van der Waals surface area contributed by atoms with E-state index in [2.05, 4.69) is 4.98 Å². The van der Waals surface area contributed by atoms with Crippen molar-refractivity contribution in [1.29, 1.82) is 0 Å². The maximum atomic E-state index is 9.47. The Bertz CT molecular complexity index is 224. The summed E-state index contributed by atoms with van der Waals surface area (Å²) in [5.74, 6) is 0. The molecule has 0 aromatic carbocycles. The summed E-state index contributed by atoms with van der Waals surface area (Å²) < 4.78 is 0. The molecule has 0 aliphatic rings. The smallest absolute Gasteiger partial charge is 0.0948 e. The summed E-state index contributed by atoms with van der Waals surface area (Å²) in [7, 11) is 0. The third-order valence-corrected chi connectivity index (χ3v) is 2.45. The van der Waals surface area contributed by atoms with Crippen LogP contribution in [0.3, 0.4) is 0 Å². The molecule has 0 aliphatic carbocycles. The lowest BCUT2D eigenvalue weighted by molar-refractivity contribution is 0.0823. The van der Waals surface area contributed by atoms with Gasteiger partial charge in [0.15, 0.2) is 0 Å². The van der Waals surface area contributed by atoms with E-state index in [0.717, 1.165) is 9.88 Å². The Morgan fingerprint density at radius 2 is 2.20 bits per heavy atom. The summed E-state index contributed by atoms with van der Waals surface area (Å²) in [6.45, 7) is 5.46. The van der Waals surface area contributed by atoms with Crippen LogP contribution in [-0.4, -0.2) is 10.1 Å². The van der Waals surface area contributed by atoms with Gasteiger partial charge in [0.1, 0.15) is 0 Å². The number of nitrogens with zero attached hydrogens (tertiary/aromatic N) is 1. The second-order valence-corrected chi connectivity index (χ2v) is 4.04. The molecule has 0 saturated heterocycles. The molecule has 0 saturated carbocycles. The summed E-state index contributed by atoms with van der Waals surface area (Å²) in [6.07, 6.45) is 1.72. The Morgan fingerprint density at radius 3 is 2.40 bits per heavy atom. The molecule has 56 valence electrons. The predicted molar refractivity (Wildman–Crippen MR) is 42.1 cm³/mol. The van der Waals surface area contributed by atoms with E-state index in [9.17, 15) is 5.11 Å². The van der Waals surface area contributed by atoms with Crippen LogP contribution < -0.4 is 0 Å². The molecule has 0 unspecified atom stereocenters. The summed E-state index contributed by atoms with van der Waals surface area (Å²) >= 11 is 1.53. The van der Waals surface area contributed by atoms with Gasteiger partial charge < -0.3 is 5.11 Å². The zero-order valence-corrected chi connectivity index (χ0v) is 7.20. The van der Waals surface area contributed by atoms with Crippen molar-refractivity contribution in [3.8, 4) is 0 Å². The largest absolute Gasteiger partial charge is 0.385 e. The molecular weight excluding hydrogens is 146 g/mol. The number of aryl methyl sites for hydroxylation is 1. The topological polar surface area (TPSA) is 33.1 Å². The minimum absolute atomic E-state index is 0.730. The van der Waals surface area contributed by atoms with Crippen LogP contribution in [0.2, 0.25) is 0 Å². The lowest BCUT2D eigenvalue weighted by Crippen LogP contribution is -2.12. The van der Waals surface area contributed by atoms with Gasteiger partial charge in [0.25, 0.3) is 0 Å². The first-order chi connectivity index (χ1) is 4.50. The molecule has 2 nitrogen and oxygen atoms in total. The molecule has 1 N–H and O–H groups in total. The van der Waals surface area contributed by atoms with Crippen LogP contribution in [0.5, 0.6) is 0 Å². The standard InChI is InChI=1S/C7H11NOS/c1-5-8-4-6(10-5)7(2,3)9/h4,9H,1-3H3. The third kappa shape index (κ3) is 1.55. The molecular formula is C7H11NOS. The van der Waals surface area contributed by atoms with Crippen molar-refractivity contribution in [1.82, 2.24) is 4.98 Å². The number of aromatic nitrogens is 1. The number of rotatable bonds is 1. The summed E-state index contributed by atoms with van der Waals surface area (Å²) in [5.41, 5.74) is -0.730. The maximum absolute atomic E-state index is 9.47. The van der Waals surface area contributed by atoms with Crippen LogP contribution in [0.4, 0.5) is 0 Å². The highest BCUT2D eigenvalue weighted by molar-refractivity contribution is 7.11. The summed E-state index contributed by atoms with van der Waals surface area (Å²) in [5, 5.41) is 10.5. The second kappa shape index (κ2) is 2.32. The lowest BCUT2D eigenvalue weighted by atomic mass is 10.1. The predicted octanol–water partition coefficient (Wildman–Crippen LogP) is 1.68. The van der Waals surface area contributed by atoms with Crippen LogP contribution in [0, 0.1) is 6.92 Å². The monoisotopic (exact) mass is 157 g/mol. The van der Waals surface area contributed by atoms with Crippen molar-refractivity contribution in [3.63, 3.8) is 0 Å². The molecule has 0 bridgehead atoms. The molecule has 0 amide bonds.